The topological polar surface area (TPSA) is 166 Å². The number of nitro benzene ring substituents is 2. The summed E-state index contributed by atoms with van der Waals surface area (Å²) < 4.78 is 5.46. The lowest BCUT2D eigenvalue weighted by Gasteiger charge is -2.06. The van der Waals surface area contributed by atoms with E-state index >= 15 is 0 Å². The molecule has 0 saturated heterocycles. The molecule has 0 radical (unpaired) electrons. The van der Waals surface area contributed by atoms with Gasteiger partial charge in [-0.15, -0.1) is 0 Å². The van der Waals surface area contributed by atoms with Gasteiger partial charge >= 0.3 is 17.5 Å². The molecule has 0 heterocycles. The Bertz CT molecular complexity index is 1350. The van der Waals surface area contributed by atoms with Crippen molar-refractivity contribution >= 4 is 58.3 Å². The van der Waals surface area contributed by atoms with E-state index < -0.39 is 33.0 Å². The monoisotopic (exact) mass is 517 g/mol. The van der Waals surface area contributed by atoms with Gasteiger partial charge in [-0.05, 0) is 54.1 Å². The van der Waals surface area contributed by atoms with Crippen LogP contribution in [0.5, 0.6) is 11.5 Å². The zero-order valence-electron chi connectivity index (χ0n) is 17.3. The van der Waals surface area contributed by atoms with Gasteiger partial charge in [0.2, 0.25) is 5.75 Å². The molecule has 3 aromatic carbocycles. The Morgan fingerprint density at radius 1 is 0.886 bits per heavy atom. The Kier molecular flexibility index (Phi) is 7.92. The normalized spacial score (nSPS) is 10.6. The van der Waals surface area contributed by atoms with Gasteiger partial charge in [0.05, 0.1) is 32.2 Å². The van der Waals surface area contributed by atoms with Crippen LogP contribution in [0, 0.1) is 20.2 Å². The van der Waals surface area contributed by atoms with E-state index in [1.807, 2.05) is 0 Å². The van der Waals surface area contributed by atoms with E-state index in [-0.39, 0.29) is 22.2 Å². The van der Waals surface area contributed by atoms with Crippen molar-refractivity contribution < 1.29 is 24.2 Å². The van der Waals surface area contributed by atoms with Gasteiger partial charge in [0, 0.05) is 11.8 Å². The summed E-state index contributed by atoms with van der Waals surface area (Å²) in [6, 6.07) is 13.3. The quantitative estimate of drug-likeness (QED) is 0.198. The number of amides is 2. The Morgan fingerprint density at radius 3 is 2.23 bits per heavy atom. The highest BCUT2D eigenvalue weighted by molar-refractivity contribution is 6.43. The number of benzene rings is 3. The van der Waals surface area contributed by atoms with E-state index in [4.69, 9.17) is 27.9 Å². The van der Waals surface area contributed by atoms with Crippen LogP contribution in [0.2, 0.25) is 10.0 Å². The molecule has 0 unspecified atom stereocenters. The third kappa shape index (κ3) is 6.72. The fourth-order valence-electron chi connectivity index (χ4n) is 2.58. The minimum Gasteiger partial charge on any atom is -0.450 e. The van der Waals surface area contributed by atoms with Crippen molar-refractivity contribution in [2.45, 2.75) is 0 Å². The molecular weight excluding hydrogens is 505 g/mol. The molecule has 0 aliphatic carbocycles. The number of halogens is 2. The number of hydrazone groups is 1. The highest BCUT2D eigenvalue weighted by atomic mass is 35.5. The van der Waals surface area contributed by atoms with Crippen LogP contribution < -0.4 is 15.5 Å². The van der Waals surface area contributed by atoms with Gasteiger partial charge in [-0.3, -0.25) is 29.8 Å². The molecule has 0 bridgehead atoms. The standard InChI is InChI=1S/C21H13Cl2N5O7/c22-16-7-3-13(9-17(16)23)25-20(29)21(30)26-24-11-12-1-5-15(6-2-12)35-19-8-4-14(27(31)32)10-18(19)28(33)34/h1-11H,(H,25,29)(H,26,30). The SMILES string of the molecule is O=C(NN=Cc1ccc(Oc2ccc([N+](=O)[O-])cc2[N+](=O)[O-])cc1)C(=O)Nc1ccc(Cl)c(Cl)c1. The molecule has 0 saturated carbocycles. The highest BCUT2D eigenvalue weighted by Gasteiger charge is 2.21. The van der Waals surface area contributed by atoms with E-state index in [9.17, 15) is 29.8 Å². The van der Waals surface area contributed by atoms with Gasteiger partial charge in [-0.25, -0.2) is 5.43 Å². The number of rotatable bonds is 7. The van der Waals surface area contributed by atoms with Crippen LogP contribution in [0.25, 0.3) is 0 Å². The zero-order chi connectivity index (χ0) is 25.5. The molecule has 2 N–H and O–H groups in total. The summed E-state index contributed by atoms with van der Waals surface area (Å²) in [5, 5.41) is 28.6. The summed E-state index contributed by atoms with van der Waals surface area (Å²) in [7, 11) is 0. The first-order valence-electron chi connectivity index (χ1n) is 9.44. The van der Waals surface area contributed by atoms with Crippen molar-refractivity contribution in [2.75, 3.05) is 5.32 Å². The molecule has 2 amide bonds. The van der Waals surface area contributed by atoms with Crippen molar-refractivity contribution in [3.63, 3.8) is 0 Å². The summed E-state index contributed by atoms with van der Waals surface area (Å²) in [6.45, 7) is 0. The molecule has 0 aliphatic heterocycles. The van der Waals surface area contributed by atoms with Gasteiger partial charge in [0.15, 0.2) is 0 Å². The number of carbonyl (C=O) groups is 2. The smallest absolute Gasteiger partial charge is 0.329 e. The molecule has 3 aromatic rings. The van der Waals surface area contributed by atoms with Crippen LogP contribution in [-0.2, 0) is 9.59 Å². The van der Waals surface area contributed by atoms with E-state index in [0.717, 1.165) is 18.2 Å². The van der Waals surface area contributed by atoms with Crippen molar-refractivity contribution in [3.8, 4) is 11.5 Å². The van der Waals surface area contributed by atoms with Crippen LogP contribution in [-0.4, -0.2) is 27.9 Å². The van der Waals surface area contributed by atoms with E-state index in [0.29, 0.717) is 10.6 Å². The molecule has 14 heteroatoms. The maximum absolute atomic E-state index is 11.9. The number of nitrogens with one attached hydrogen (secondary N) is 2. The summed E-state index contributed by atoms with van der Waals surface area (Å²) >= 11 is 11.6. The third-order valence-electron chi connectivity index (χ3n) is 4.22. The average molecular weight is 518 g/mol. The Balaban J connectivity index is 1.59. The number of hydrogen-bond donors (Lipinski definition) is 2. The number of non-ortho nitro benzene ring substituents is 1. The van der Waals surface area contributed by atoms with Gasteiger partial charge < -0.3 is 10.1 Å². The van der Waals surface area contributed by atoms with E-state index in [1.54, 1.807) is 0 Å². The lowest BCUT2D eigenvalue weighted by molar-refractivity contribution is -0.394. The minimum absolute atomic E-state index is 0.178. The molecule has 0 fully saturated rings. The number of carbonyl (C=O) groups excluding carboxylic acids is 2. The number of nitro groups is 2. The first-order chi connectivity index (χ1) is 16.6. The highest BCUT2D eigenvalue weighted by Crippen LogP contribution is 2.34. The van der Waals surface area contributed by atoms with Crippen molar-refractivity contribution in [1.82, 2.24) is 5.43 Å². The zero-order valence-corrected chi connectivity index (χ0v) is 18.8. The fourth-order valence-corrected chi connectivity index (χ4v) is 2.87. The number of nitrogens with zero attached hydrogens (tertiary/aromatic N) is 3. The molecule has 0 atom stereocenters. The second kappa shape index (κ2) is 11.0. The second-order valence-corrected chi connectivity index (χ2v) is 7.43. The Hall–Kier alpha value is -4.55. The van der Waals surface area contributed by atoms with Gasteiger partial charge in [0.25, 0.3) is 5.69 Å². The number of anilines is 1. The first kappa shape index (κ1) is 25.1. The molecule has 0 aromatic heterocycles. The van der Waals surface area contributed by atoms with Gasteiger partial charge in [-0.1, -0.05) is 23.2 Å². The van der Waals surface area contributed by atoms with E-state index in [2.05, 4.69) is 15.8 Å². The lowest BCUT2D eigenvalue weighted by Crippen LogP contribution is -2.32. The molecule has 3 rings (SSSR count). The molecule has 0 aliphatic rings. The summed E-state index contributed by atoms with van der Waals surface area (Å²) in [5.74, 6) is -1.97. The van der Waals surface area contributed by atoms with Gasteiger partial charge in [-0.2, -0.15) is 5.10 Å². The minimum atomic E-state index is -1.03. The van der Waals surface area contributed by atoms with Crippen LogP contribution in [0.3, 0.4) is 0 Å². The van der Waals surface area contributed by atoms with Crippen molar-refractivity contribution in [2.24, 2.45) is 5.10 Å². The van der Waals surface area contributed by atoms with E-state index in [1.165, 1.54) is 48.7 Å². The van der Waals surface area contributed by atoms with Crippen LogP contribution in [0.15, 0.2) is 65.8 Å². The number of hydrogen-bond acceptors (Lipinski definition) is 8. The van der Waals surface area contributed by atoms with Crippen LogP contribution in [0.1, 0.15) is 5.56 Å². The summed E-state index contributed by atoms with van der Waals surface area (Å²) in [4.78, 5) is 44.3. The van der Waals surface area contributed by atoms with Crippen LogP contribution in [0.4, 0.5) is 17.1 Å². The predicted octanol–water partition coefficient (Wildman–Crippen LogP) is 4.69. The molecular formula is C21H13Cl2N5O7. The Labute approximate surface area is 206 Å². The number of ether oxygens (including phenoxy) is 1. The predicted molar refractivity (Wildman–Crippen MR) is 127 cm³/mol. The third-order valence-corrected chi connectivity index (χ3v) is 4.96. The first-order valence-corrected chi connectivity index (χ1v) is 10.2. The summed E-state index contributed by atoms with van der Waals surface area (Å²) in [6.07, 6.45) is 1.25. The maximum Gasteiger partial charge on any atom is 0.329 e. The molecule has 12 nitrogen and oxygen atoms in total. The average Bonchev–Trinajstić information content (AvgIpc) is 2.82. The largest absolute Gasteiger partial charge is 0.450 e. The van der Waals surface area contributed by atoms with Crippen LogP contribution >= 0.6 is 23.2 Å². The Morgan fingerprint density at radius 2 is 1.60 bits per heavy atom. The lowest BCUT2D eigenvalue weighted by atomic mass is 10.2. The maximum atomic E-state index is 11.9. The molecule has 0 spiro atoms. The van der Waals surface area contributed by atoms with Gasteiger partial charge in [0.1, 0.15) is 5.75 Å². The van der Waals surface area contributed by atoms with Crippen molar-refractivity contribution in [3.05, 3.63) is 96.5 Å². The second-order valence-electron chi connectivity index (χ2n) is 6.62. The van der Waals surface area contributed by atoms with Crippen molar-refractivity contribution in [1.29, 1.82) is 0 Å². The fraction of sp³-hybridized carbons (Fsp3) is 0. The summed E-state index contributed by atoms with van der Waals surface area (Å²) in [5.41, 5.74) is 1.83. The molecule has 178 valence electrons. The molecule has 35 heavy (non-hydrogen) atoms.